The number of hydrogen-bond acceptors (Lipinski definition) is 4. The van der Waals surface area contributed by atoms with E-state index in [2.05, 4.69) is 29.3 Å². The highest BCUT2D eigenvalue weighted by Gasteiger charge is 2.60. The molecule has 0 spiro atoms. The lowest BCUT2D eigenvalue weighted by Gasteiger charge is -2.25. The molecule has 2 N–H and O–H groups in total. The molecule has 2 unspecified atom stereocenters. The predicted octanol–water partition coefficient (Wildman–Crippen LogP) is 3.10. The Morgan fingerprint density at radius 1 is 1.06 bits per heavy atom. The van der Waals surface area contributed by atoms with Gasteiger partial charge in [-0.3, -0.25) is 9.59 Å². The fraction of sp³-hybridized carbons (Fsp3) is 0.370. The Balaban J connectivity index is 1.22. The van der Waals surface area contributed by atoms with Crippen molar-refractivity contribution in [3.63, 3.8) is 0 Å². The van der Waals surface area contributed by atoms with Crippen LogP contribution in [0.15, 0.2) is 48.5 Å². The van der Waals surface area contributed by atoms with Crippen molar-refractivity contribution in [2.45, 2.75) is 25.3 Å². The Labute approximate surface area is 198 Å². The summed E-state index contributed by atoms with van der Waals surface area (Å²) in [5, 5.41) is 11.9. The third kappa shape index (κ3) is 3.90. The van der Waals surface area contributed by atoms with Gasteiger partial charge in [0.2, 0.25) is 5.91 Å². The van der Waals surface area contributed by atoms with E-state index < -0.39 is 18.1 Å². The molecule has 2 aromatic rings. The number of carboxylic acid groups (broad SMARTS) is 1. The summed E-state index contributed by atoms with van der Waals surface area (Å²) >= 11 is 0. The number of alkyl carbamates (subject to hydrolysis) is 1. The van der Waals surface area contributed by atoms with Crippen molar-refractivity contribution in [2.24, 2.45) is 17.8 Å². The molecule has 1 aliphatic heterocycles. The van der Waals surface area contributed by atoms with E-state index in [0.29, 0.717) is 13.1 Å². The summed E-state index contributed by atoms with van der Waals surface area (Å²) in [5.74, 6) is 4.19. The van der Waals surface area contributed by atoms with Gasteiger partial charge in [0.05, 0.1) is 5.92 Å². The van der Waals surface area contributed by atoms with Crippen molar-refractivity contribution < 1.29 is 24.2 Å². The molecule has 2 fully saturated rings. The van der Waals surface area contributed by atoms with Crippen LogP contribution >= 0.6 is 0 Å². The minimum atomic E-state index is -0.830. The number of fused-ring (bicyclic) bond motifs is 4. The van der Waals surface area contributed by atoms with Crippen molar-refractivity contribution in [3.8, 4) is 23.0 Å². The number of carbonyl (C=O) groups is 3. The largest absolute Gasteiger partial charge is 0.481 e. The summed E-state index contributed by atoms with van der Waals surface area (Å²) in [7, 11) is 0. The van der Waals surface area contributed by atoms with Crippen LogP contribution in [0.25, 0.3) is 11.1 Å². The summed E-state index contributed by atoms with van der Waals surface area (Å²) in [5.41, 5.74) is 4.52. The van der Waals surface area contributed by atoms with Crippen LogP contribution in [-0.4, -0.2) is 53.7 Å². The Kier molecular flexibility index (Phi) is 5.74. The number of hydrogen-bond donors (Lipinski definition) is 2. The molecule has 174 valence electrons. The Hall–Kier alpha value is -3.79. The minimum absolute atomic E-state index is 0.00816. The number of rotatable bonds is 6. The van der Waals surface area contributed by atoms with Crippen LogP contribution < -0.4 is 5.32 Å². The number of piperidine rings is 1. The van der Waals surface area contributed by atoms with Crippen molar-refractivity contribution >= 4 is 18.0 Å². The molecule has 2 aliphatic carbocycles. The van der Waals surface area contributed by atoms with Gasteiger partial charge in [-0.15, -0.1) is 11.8 Å². The predicted molar refractivity (Wildman–Crippen MR) is 125 cm³/mol. The summed E-state index contributed by atoms with van der Waals surface area (Å²) < 4.78 is 5.59. The minimum Gasteiger partial charge on any atom is -0.481 e. The fourth-order valence-corrected chi connectivity index (χ4v) is 5.48. The quantitative estimate of drug-likeness (QED) is 0.649. The smallest absolute Gasteiger partial charge is 0.407 e. The van der Waals surface area contributed by atoms with Gasteiger partial charge in [-0.1, -0.05) is 48.5 Å². The molecule has 7 nitrogen and oxygen atoms in total. The first-order chi connectivity index (χ1) is 16.5. The summed E-state index contributed by atoms with van der Waals surface area (Å²) in [4.78, 5) is 38.6. The third-order valence-corrected chi connectivity index (χ3v) is 7.21. The second kappa shape index (κ2) is 8.86. The summed E-state index contributed by atoms with van der Waals surface area (Å²) in [6.45, 7) is 2.65. The molecule has 2 aromatic carbocycles. The van der Waals surface area contributed by atoms with Gasteiger partial charge in [-0.25, -0.2) is 4.79 Å². The maximum atomic E-state index is 13.1. The van der Waals surface area contributed by atoms with E-state index in [4.69, 9.17) is 4.74 Å². The van der Waals surface area contributed by atoms with E-state index in [1.54, 1.807) is 11.8 Å². The topological polar surface area (TPSA) is 95.9 Å². The van der Waals surface area contributed by atoms with Crippen LogP contribution in [0.5, 0.6) is 0 Å². The fourth-order valence-electron chi connectivity index (χ4n) is 5.48. The summed E-state index contributed by atoms with van der Waals surface area (Å²) in [6.07, 6.45) is -0.487. The van der Waals surface area contributed by atoms with Gasteiger partial charge in [-0.2, -0.15) is 0 Å². The van der Waals surface area contributed by atoms with Crippen molar-refractivity contribution in [1.82, 2.24) is 10.2 Å². The number of carboxylic acids is 1. The molecule has 0 bridgehead atoms. The Morgan fingerprint density at radius 2 is 1.65 bits per heavy atom. The number of amides is 2. The highest BCUT2D eigenvalue weighted by atomic mass is 16.5. The van der Waals surface area contributed by atoms with E-state index in [0.717, 1.165) is 22.3 Å². The average Bonchev–Trinajstić information content (AvgIpc) is 3.20. The van der Waals surface area contributed by atoms with Crippen LogP contribution in [-0.2, 0) is 14.3 Å². The van der Waals surface area contributed by atoms with Crippen LogP contribution in [0, 0.1) is 29.6 Å². The van der Waals surface area contributed by atoms with Crippen LogP contribution in [0.3, 0.4) is 0 Å². The lowest BCUT2D eigenvalue weighted by molar-refractivity contribution is -0.141. The molecule has 4 atom stereocenters. The first-order valence-corrected chi connectivity index (χ1v) is 11.5. The number of likely N-dealkylation sites (tertiary alicyclic amines) is 1. The molecule has 2 amide bonds. The second-order valence-electron chi connectivity index (χ2n) is 9.09. The molecule has 1 saturated carbocycles. The van der Waals surface area contributed by atoms with Crippen molar-refractivity contribution in [2.75, 3.05) is 19.7 Å². The van der Waals surface area contributed by atoms with Gasteiger partial charge in [0, 0.05) is 25.4 Å². The molecule has 7 heteroatoms. The zero-order valence-electron chi connectivity index (χ0n) is 18.9. The van der Waals surface area contributed by atoms with Crippen LogP contribution in [0.2, 0.25) is 0 Å². The van der Waals surface area contributed by atoms with Gasteiger partial charge >= 0.3 is 12.1 Å². The van der Waals surface area contributed by atoms with E-state index in [9.17, 15) is 19.5 Å². The van der Waals surface area contributed by atoms with E-state index in [1.165, 1.54) is 0 Å². The third-order valence-electron chi connectivity index (χ3n) is 7.21. The molecule has 5 rings (SSSR count). The van der Waals surface area contributed by atoms with Gasteiger partial charge in [0.1, 0.15) is 12.6 Å². The monoisotopic (exact) mass is 458 g/mol. The average molecular weight is 459 g/mol. The number of nitrogens with one attached hydrogen (secondary N) is 1. The molecule has 1 heterocycles. The number of carbonyl (C=O) groups excluding carboxylic acids is 2. The van der Waals surface area contributed by atoms with Crippen molar-refractivity contribution in [3.05, 3.63) is 59.7 Å². The second-order valence-corrected chi connectivity index (χ2v) is 9.09. The van der Waals surface area contributed by atoms with Gasteiger partial charge in [-0.05, 0) is 41.0 Å². The first kappa shape index (κ1) is 22.0. The standard InChI is InChI=1S/C27H26N2O5/c1-2-3-12-23(25(30)29-13-20-21(14-29)24(20)26(31)32)28-27(33)34-15-22-18-10-6-4-8-16(18)17-9-5-7-11-19(17)22/h4-11,20-24H,12-15H2,1H3,(H,28,33)(H,31,32)/t20-,21+,23?,24?. The normalized spacial score (nSPS) is 22.5. The SMILES string of the molecule is CC#CCC(NC(=O)OCC1c2ccccc2-c2ccccc21)C(=O)N1C[C@@H]2C(C(=O)O)[C@@H]2C1. The molecular weight excluding hydrogens is 432 g/mol. The van der Waals surface area contributed by atoms with Gasteiger partial charge in [0.25, 0.3) is 0 Å². The molecular formula is C27H26N2O5. The van der Waals surface area contributed by atoms with Crippen molar-refractivity contribution in [1.29, 1.82) is 0 Å². The maximum Gasteiger partial charge on any atom is 0.407 e. The molecule has 0 aromatic heterocycles. The number of ether oxygens (including phenoxy) is 1. The van der Waals surface area contributed by atoms with Gasteiger partial charge < -0.3 is 20.1 Å². The maximum absolute atomic E-state index is 13.1. The summed E-state index contributed by atoms with van der Waals surface area (Å²) in [6, 6.07) is 15.4. The molecule has 1 saturated heterocycles. The zero-order chi connectivity index (χ0) is 23.8. The zero-order valence-corrected chi connectivity index (χ0v) is 18.9. The Morgan fingerprint density at radius 3 is 2.21 bits per heavy atom. The van der Waals surface area contributed by atoms with Crippen LogP contribution in [0.4, 0.5) is 4.79 Å². The van der Waals surface area contributed by atoms with E-state index in [1.807, 2.05) is 36.4 Å². The number of nitrogens with zero attached hydrogens (tertiary/aromatic N) is 1. The van der Waals surface area contributed by atoms with E-state index >= 15 is 0 Å². The Bertz CT molecular complexity index is 1160. The highest BCUT2D eigenvalue weighted by molar-refractivity contribution is 5.87. The number of benzene rings is 2. The lowest BCUT2D eigenvalue weighted by atomic mass is 9.98. The highest BCUT2D eigenvalue weighted by Crippen LogP contribution is 2.51. The first-order valence-electron chi connectivity index (χ1n) is 11.5. The molecule has 3 aliphatic rings. The molecule has 0 radical (unpaired) electrons. The lowest BCUT2D eigenvalue weighted by Crippen LogP contribution is -2.49. The van der Waals surface area contributed by atoms with Crippen LogP contribution in [0.1, 0.15) is 30.4 Å². The van der Waals surface area contributed by atoms with E-state index in [-0.39, 0.29) is 42.6 Å². The number of aliphatic carboxylic acids is 1. The van der Waals surface area contributed by atoms with Gasteiger partial charge in [0.15, 0.2) is 0 Å². The molecule has 34 heavy (non-hydrogen) atoms.